The maximum atomic E-state index is 13.2. The van der Waals surface area contributed by atoms with E-state index in [2.05, 4.69) is 15.9 Å². The summed E-state index contributed by atoms with van der Waals surface area (Å²) in [5.41, 5.74) is -2.78. The zero-order valence-electron chi connectivity index (χ0n) is 18.8. The van der Waals surface area contributed by atoms with Crippen molar-refractivity contribution in [3.63, 3.8) is 0 Å². The largest absolute Gasteiger partial charge is 0.458 e. The molecule has 3 fully saturated rings. The van der Waals surface area contributed by atoms with Crippen LogP contribution in [-0.4, -0.2) is 61.6 Å². The second-order valence-corrected chi connectivity index (χ2v) is 11.8. The predicted molar refractivity (Wildman–Crippen MR) is 119 cm³/mol. The lowest BCUT2D eigenvalue weighted by molar-refractivity contribution is -0.188. The third kappa shape index (κ3) is 2.79. The summed E-state index contributed by atoms with van der Waals surface area (Å²) >= 11 is 3.85. The SMILES string of the molecule is CC(=O)OCC(=O)[C@@]1(O)C(C)C[C@H]2[C@@H]3C(O)CC4=CC(=O)C=C[C@]4(C)[C@@]3(Br)C(O)C[C@@]21C. The highest BCUT2D eigenvalue weighted by Gasteiger charge is 2.75. The smallest absolute Gasteiger partial charge is 0.303 e. The lowest BCUT2D eigenvalue weighted by Gasteiger charge is -2.65. The molecule has 176 valence electrons. The van der Waals surface area contributed by atoms with E-state index in [1.54, 1.807) is 26.0 Å². The Labute approximate surface area is 196 Å². The Morgan fingerprint density at radius 2 is 1.94 bits per heavy atom. The molecule has 9 atom stereocenters. The van der Waals surface area contributed by atoms with E-state index < -0.39 is 63.2 Å². The summed E-state index contributed by atoms with van der Waals surface area (Å²) in [7, 11) is 0. The first-order valence-electron chi connectivity index (χ1n) is 11.1. The number of aliphatic hydroxyl groups is 3. The Hall–Kier alpha value is -1.35. The van der Waals surface area contributed by atoms with Gasteiger partial charge in [-0.05, 0) is 43.3 Å². The van der Waals surface area contributed by atoms with E-state index in [1.165, 1.54) is 13.0 Å². The molecule has 8 heteroatoms. The summed E-state index contributed by atoms with van der Waals surface area (Å²) in [4.78, 5) is 36.4. The van der Waals surface area contributed by atoms with E-state index in [9.17, 15) is 29.7 Å². The number of alkyl halides is 1. The van der Waals surface area contributed by atoms with E-state index in [0.29, 0.717) is 6.42 Å². The number of hydrogen-bond acceptors (Lipinski definition) is 7. The van der Waals surface area contributed by atoms with E-state index >= 15 is 0 Å². The summed E-state index contributed by atoms with van der Waals surface area (Å²) in [5, 5.41) is 34.7. The second kappa shape index (κ2) is 7.32. The van der Waals surface area contributed by atoms with Crippen molar-refractivity contribution >= 4 is 33.5 Å². The highest BCUT2D eigenvalue weighted by Crippen LogP contribution is 2.71. The molecule has 0 aromatic carbocycles. The first-order chi connectivity index (χ1) is 14.7. The van der Waals surface area contributed by atoms with Crippen molar-refractivity contribution in [2.24, 2.45) is 28.6 Å². The average Bonchev–Trinajstić information content (AvgIpc) is 2.89. The van der Waals surface area contributed by atoms with Crippen LogP contribution in [0.3, 0.4) is 0 Å². The van der Waals surface area contributed by atoms with Crippen LogP contribution in [0, 0.1) is 28.6 Å². The molecule has 0 spiro atoms. The van der Waals surface area contributed by atoms with Gasteiger partial charge in [-0.15, -0.1) is 0 Å². The molecule has 0 aromatic heterocycles. The minimum absolute atomic E-state index is 0.115. The Kier molecular flexibility index (Phi) is 5.45. The molecule has 0 radical (unpaired) electrons. The molecule has 3 saturated carbocycles. The van der Waals surface area contributed by atoms with Crippen LogP contribution in [0.4, 0.5) is 0 Å². The zero-order valence-corrected chi connectivity index (χ0v) is 20.4. The van der Waals surface area contributed by atoms with Crippen LogP contribution in [0.5, 0.6) is 0 Å². The molecule has 4 rings (SSSR count). The summed E-state index contributed by atoms with van der Waals surface area (Å²) in [6.07, 6.45) is 3.82. The highest BCUT2D eigenvalue weighted by atomic mass is 79.9. The van der Waals surface area contributed by atoms with Gasteiger partial charge in [0.15, 0.2) is 12.4 Å². The van der Waals surface area contributed by atoms with Crippen molar-refractivity contribution in [3.8, 4) is 0 Å². The zero-order chi connectivity index (χ0) is 23.9. The normalized spacial score (nSPS) is 49.6. The first kappa shape index (κ1) is 23.8. The fourth-order valence-corrected chi connectivity index (χ4v) is 8.58. The van der Waals surface area contributed by atoms with Crippen LogP contribution in [0.25, 0.3) is 0 Å². The lowest BCUT2D eigenvalue weighted by Crippen LogP contribution is -2.71. The average molecular weight is 511 g/mol. The fraction of sp³-hybridized carbons (Fsp3) is 0.708. The van der Waals surface area contributed by atoms with Gasteiger partial charge < -0.3 is 20.1 Å². The number of carbonyl (C=O) groups is 3. The van der Waals surface area contributed by atoms with Gasteiger partial charge in [-0.1, -0.05) is 48.4 Å². The number of ketones is 2. The predicted octanol–water partition coefficient (Wildman–Crippen LogP) is 1.86. The monoisotopic (exact) mass is 510 g/mol. The number of halogens is 1. The number of esters is 1. The van der Waals surface area contributed by atoms with Gasteiger partial charge in [-0.3, -0.25) is 14.4 Å². The Morgan fingerprint density at radius 3 is 2.56 bits per heavy atom. The number of rotatable bonds is 3. The molecule has 0 bridgehead atoms. The number of allylic oxidation sites excluding steroid dienone is 3. The molecular formula is C24H31BrO7. The Balaban J connectivity index is 1.80. The second-order valence-electron chi connectivity index (χ2n) is 10.5. The molecule has 0 heterocycles. The number of aliphatic hydroxyl groups excluding tert-OH is 2. The summed E-state index contributed by atoms with van der Waals surface area (Å²) in [6.45, 7) is 6.22. The van der Waals surface area contributed by atoms with Crippen molar-refractivity contribution in [3.05, 3.63) is 23.8 Å². The molecule has 3 unspecified atom stereocenters. The topological polar surface area (TPSA) is 121 Å². The van der Waals surface area contributed by atoms with Crippen molar-refractivity contribution in [1.82, 2.24) is 0 Å². The third-order valence-electron chi connectivity index (χ3n) is 9.07. The Morgan fingerprint density at radius 1 is 1.28 bits per heavy atom. The summed E-state index contributed by atoms with van der Waals surface area (Å²) in [6, 6.07) is 0. The fourth-order valence-electron chi connectivity index (χ4n) is 7.41. The van der Waals surface area contributed by atoms with Crippen LogP contribution < -0.4 is 0 Å². The molecule has 0 aliphatic heterocycles. The van der Waals surface area contributed by atoms with Gasteiger partial charge in [0, 0.05) is 23.7 Å². The van der Waals surface area contributed by atoms with Gasteiger partial charge in [-0.2, -0.15) is 0 Å². The molecule has 7 nitrogen and oxygen atoms in total. The lowest BCUT2D eigenvalue weighted by atomic mass is 9.45. The van der Waals surface area contributed by atoms with Crippen LogP contribution in [0.1, 0.15) is 47.0 Å². The van der Waals surface area contributed by atoms with Crippen molar-refractivity contribution in [2.75, 3.05) is 6.61 Å². The maximum Gasteiger partial charge on any atom is 0.303 e. The van der Waals surface area contributed by atoms with Gasteiger partial charge in [0.1, 0.15) is 5.60 Å². The molecule has 3 N–H and O–H groups in total. The number of ether oxygens (including phenoxy) is 1. The Bertz CT molecular complexity index is 943. The van der Waals surface area contributed by atoms with Crippen LogP contribution >= 0.6 is 15.9 Å². The summed E-state index contributed by atoms with van der Waals surface area (Å²) in [5.74, 6) is -2.55. The van der Waals surface area contributed by atoms with Gasteiger partial charge in [0.2, 0.25) is 5.78 Å². The van der Waals surface area contributed by atoms with Gasteiger partial charge in [0.25, 0.3) is 0 Å². The van der Waals surface area contributed by atoms with Crippen molar-refractivity contribution < 1.29 is 34.4 Å². The molecule has 4 aliphatic rings. The van der Waals surface area contributed by atoms with Crippen LogP contribution in [0.2, 0.25) is 0 Å². The van der Waals surface area contributed by atoms with E-state index in [1.807, 2.05) is 6.92 Å². The number of carbonyl (C=O) groups excluding carboxylic acids is 3. The third-order valence-corrected chi connectivity index (χ3v) is 10.9. The minimum Gasteiger partial charge on any atom is -0.458 e. The summed E-state index contributed by atoms with van der Waals surface area (Å²) < 4.78 is 3.93. The van der Waals surface area contributed by atoms with Crippen LogP contribution in [-0.2, 0) is 19.1 Å². The maximum absolute atomic E-state index is 13.2. The van der Waals surface area contributed by atoms with Crippen molar-refractivity contribution in [1.29, 1.82) is 0 Å². The molecule has 0 saturated heterocycles. The standard InChI is InChI=1S/C24H31BrO7/c1-12-7-16-20-17(28)9-14-8-15(27)5-6-21(14,3)23(20,25)18(29)10-22(16,4)24(12,31)19(30)11-32-13(2)26/h5-6,8,12,16-18,20,28-29,31H,7,9-11H2,1-4H3/t12?,16-,17?,18?,20+,21-,22-,23+,24-/m0/s1. The van der Waals surface area contributed by atoms with E-state index in [-0.39, 0.29) is 24.5 Å². The van der Waals surface area contributed by atoms with E-state index in [0.717, 1.165) is 5.57 Å². The quantitative estimate of drug-likeness (QED) is 0.391. The van der Waals surface area contributed by atoms with Crippen LogP contribution in [0.15, 0.2) is 23.8 Å². The molecule has 0 aromatic rings. The number of hydrogen-bond donors (Lipinski definition) is 3. The van der Waals surface area contributed by atoms with Gasteiger partial charge in [-0.25, -0.2) is 0 Å². The first-order valence-corrected chi connectivity index (χ1v) is 11.9. The minimum atomic E-state index is -1.81. The molecule has 32 heavy (non-hydrogen) atoms. The molecular weight excluding hydrogens is 480 g/mol. The molecule has 4 aliphatic carbocycles. The van der Waals surface area contributed by atoms with Gasteiger partial charge in [0.05, 0.1) is 16.5 Å². The van der Waals surface area contributed by atoms with Crippen molar-refractivity contribution in [2.45, 2.75) is 69.1 Å². The molecule has 0 amide bonds. The number of Topliss-reactive ketones (excluding diaryl/α,β-unsaturated/α-hetero) is 1. The highest BCUT2D eigenvalue weighted by molar-refractivity contribution is 9.10. The van der Waals surface area contributed by atoms with E-state index in [4.69, 9.17) is 4.74 Å². The van der Waals surface area contributed by atoms with Gasteiger partial charge >= 0.3 is 5.97 Å². The number of fused-ring (bicyclic) bond motifs is 5.